The third-order valence-corrected chi connectivity index (χ3v) is 1.69. The monoisotopic (exact) mass is 251 g/mol. The van der Waals surface area contributed by atoms with Crippen LogP contribution in [0, 0.1) is 15.9 Å². The highest BCUT2D eigenvalue weighted by Gasteiger charge is 2.25. The molecule has 9 heteroatoms. The van der Waals surface area contributed by atoms with Crippen LogP contribution >= 0.6 is 0 Å². The van der Waals surface area contributed by atoms with Gasteiger partial charge in [-0.3, -0.25) is 10.1 Å². The van der Waals surface area contributed by atoms with E-state index in [1.165, 1.54) is 0 Å². The summed E-state index contributed by atoms with van der Waals surface area (Å²) in [7, 11) is 0. The summed E-state index contributed by atoms with van der Waals surface area (Å²) in [5.41, 5.74) is -1.98. The third kappa shape index (κ3) is 2.83. The van der Waals surface area contributed by atoms with E-state index in [4.69, 9.17) is 5.11 Å². The van der Waals surface area contributed by atoms with Crippen molar-refractivity contribution >= 4 is 11.7 Å². The molecule has 0 unspecified atom stereocenters. The Hall–Kier alpha value is -2.32. The number of nitro groups is 1. The number of carbonyl (C=O) groups is 1. The number of nitro benzene ring substituents is 1. The molecular formula is C8H4F3NO5. The maximum atomic E-state index is 13.1. The first-order chi connectivity index (χ1) is 7.82. The molecule has 0 aromatic heterocycles. The number of carboxylic acid groups (broad SMARTS) is 1. The van der Waals surface area contributed by atoms with E-state index in [1.807, 2.05) is 0 Å². The topological polar surface area (TPSA) is 89.7 Å². The van der Waals surface area contributed by atoms with E-state index < -0.39 is 40.3 Å². The van der Waals surface area contributed by atoms with Gasteiger partial charge in [0, 0.05) is 0 Å². The van der Waals surface area contributed by atoms with Crippen LogP contribution in [0.5, 0.6) is 5.75 Å². The average molecular weight is 251 g/mol. The molecule has 0 aliphatic carbocycles. The first-order valence-corrected chi connectivity index (χ1v) is 3.99. The molecule has 0 aliphatic rings. The zero-order chi connectivity index (χ0) is 13.2. The summed E-state index contributed by atoms with van der Waals surface area (Å²) in [6.07, 6.45) is 0. The third-order valence-electron chi connectivity index (χ3n) is 1.69. The lowest BCUT2D eigenvalue weighted by molar-refractivity contribution is -0.385. The fourth-order valence-electron chi connectivity index (χ4n) is 1.05. The molecule has 0 spiro atoms. The Bertz CT molecular complexity index is 476. The van der Waals surface area contributed by atoms with Crippen molar-refractivity contribution in [3.05, 3.63) is 33.6 Å². The van der Waals surface area contributed by atoms with Crippen molar-refractivity contribution in [2.45, 2.75) is 6.61 Å². The summed E-state index contributed by atoms with van der Waals surface area (Å²) in [4.78, 5) is 19.9. The number of hydrogen-bond acceptors (Lipinski definition) is 4. The van der Waals surface area contributed by atoms with Crippen LogP contribution in [0.4, 0.5) is 18.9 Å². The van der Waals surface area contributed by atoms with E-state index >= 15 is 0 Å². The molecule has 0 amide bonds. The highest BCUT2D eigenvalue weighted by molar-refractivity contribution is 5.92. The molecule has 0 bridgehead atoms. The van der Waals surface area contributed by atoms with Crippen LogP contribution in [-0.4, -0.2) is 22.6 Å². The zero-order valence-corrected chi connectivity index (χ0v) is 7.89. The van der Waals surface area contributed by atoms with Crippen LogP contribution < -0.4 is 4.74 Å². The van der Waals surface area contributed by atoms with E-state index in [1.54, 1.807) is 0 Å². The number of nitrogens with zero attached hydrogens (tertiary/aromatic N) is 1. The summed E-state index contributed by atoms with van der Waals surface area (Å²) in [5, 5.41) is 19.0. The lowest BCUT2D eigenvalue weighted by atomic mass is 10.1. The number of halogens is 3. The van der Waals surface area contributed by atoms with E-state index in [2.05, 4.69) is 4.74 Å². The van der Waals surface area contributed by atoms with Crippen LogP contribution in [0.2, 0.25) is 0 Å². The molecule has 0 radical (unpaired) electrons. The van der Waals surface area contributed by atoms with Crippen LogP contribution in [0.25, 0.3) is 0 Å². The summed E-state index contributed by atoms with van der Waals surface area (Å²) >= 11 is 0. The van der Waals surface area contributed by atoms with Crippen LogP contribution in [0.1, 0.15) is 10.4 Å². The van der Waals surface area contributed by atoms with Gasteiger partial charge in [0.25, 0.3) is 5.69 Å². The minimum absolute atomic E-state index is 0.248. The van der Waals surface area contributed by atoms with Gasteiger partial charge in [-0.15, -0.1) is 0 Å². The number of ether oxygens (including phenoxy) is 1. The Kier molecular flexibility index (Phi) is 3.51. The van der Waals surface area contributed by atoms with Crippen LogP contribution in [0.3, 0.4) is 0 Å². The fraction of sp³-hybridized carbons (Fsp3) is 0.125. The van der Waals surface area contributed by atoms with Gasteiger partial charge in [-0.05, 0) is 6.07 Å². The van der Waals surface area contributed by atoms with Crippen molar-refractivity contribution in [1.29, 1.82) is 0 Å². The molecule has 1 aromatic carbocycles. The smallest absolute Gasteiger partial charge is 0.387 e. The standard InChI is InChI=1S/C8H4F3NO5/c9-4-1-3(7(13)14)5(12(15)16)2-6(4)17-8(10)11/h1-2,8H,(H,13,14). The number of carboxylic acids is 1. The van der Waals surface area contributed by atoms with Crippen LogP contribution in [0.15, 0.2) is 12.1 Å². The zero-order valence-electron chi connectivity index (χ0n) is 7.89. The first kappa shape index (κ1) is 12.7. The Balaban J connectivity index is 3.34. The maximum Gasteiger partial charge on any atom is 0.387 e. The van der Waals surface area contributed by atoms with Crippen molar-refractivity contribution in [2.24, 2.45) is 0 Å². The SMILES string of the molecule is O=C(O)c1cc(F)c(OC(F)F)cc1[N+](=O)[O-]. The quantitative estimate of drug-likeness (QED) is 0.653. The summed E-state index contributed by atoms with van der Waals surface area (Å²) in [5.74, 6) is -4.26. The molecule has 92 valence electrons. The molecule has 0 heterocycles. The van der Waals surface area contributed by atoms with Crippen molar-refractivity contribution in [2.75, 3.05) is 0 Å². The summed E-state index contributed by atoms with van der Waals surface area (Å²) in [6.45, 7) is -3.38. The Morgan fingerprint density at radius 1 is 1.47 bits per heavy atom. The predicted octanol–water partition coefficient (Wildman–Crippen LogP) is 2.03. The van der Waals surface area contributed by atoms with Gasteiger partial charge in [0.2, 0.25) is 0 Å². The molecule has 0 saturated heterocycles. The number of benzene rings is 1. The highest BCUT2D eigenvalue weighted by atomic mass is 19.3. The molecule has 1 aromatic rings. The van der Waals surface area contributed by atoms with E-state index in [9.17, 15) is 28.1 Å². The molecule has 0 aliphatic heterocycles. The Morgan fingerprint density at radius 3 is 2.47 bits per heavy atom. The highest BCUT2D eigenvalue weighted by Crippen LogP contribution is 2.29. The Morgan fingerprint density at radius 2 is 2.06 bits per heavy atom. The molecule has 0 fully saturated rings. The van der Waals surface area contributed by atoms with Gasteiger partial charge in [0.05, 0.1) is 11.0 Å². The first-order valence-electron chi connectivity index (χ1n) is 3.99. The van der Waals surface area contributed by atoms with Gasteiger partial charge >= 0.3 is 12.6 Å². The second kappa shape index (κ2) is 4.68. The van der Waals surface area contributed by atoms with Crippen molar-refractivity contribution in [3.8, 4) is 5.75 Å². The molecule has 1 rings (SSSR count). The van der Waals surface area contributed by atoms with Crippen molar-refractivity contribution < 1.29 is 32.7 Å². The van der Waals surface area contributed by atoms with E-state index in [0.29, 0.717) is 6.07 Å². The van der Waals surface area contributed by atoms with Gasteiger partial charge in [-0.2, -0.15) is 8.78 Å². The number of alkyl halides is 2. The lowest BCUT2D eigenvalue weighted by Crippen LogP contribution is -2.08. The van der Waals surface area contributed by atoms with Gasteiger partial charge in [0.1, 0.15) is 5.56 Å². The lowest BCUT2D eigenvalue weighted by Gasteiger charge is -2.06. The molecule has 17 heavy (non-hydrogen) atoms. The van der Waals surface area contributed by atoms with Gasteiger partial charge in [0.15, 0.2) is 11.6 Å². The minimum Gasteiger partial charge on any atom is -0.477 e. The largest absolute Gasteiger partial charge is 0.477 e. The minimum atomic E-state index is -3.38. The van der Waals surface area contributed by atoms with Crippen molar-refractivity contribution in [3.63, 3.8) is 0 Å². The molecule has 1 N–H and O–H groups in total. The molecule has 0 atom stereocenters. The van der Waals surface area contributed by atoms with E-state index in [-0.39, 0.29) is 6.07 Å². The molecule has 6 nitrogen and oxygen atoms in total. The van der Waals surface area contributed by atoms with E-state index in [0.717, 1.165) is 0 Å². The predicted molar refractivity (Wildman–Crippen MR) is 46.6 cm³/mol. The van der Waals surface area contributed by atoms with Gasteiger partial charge < -0.3 is 9.84 Å². The number of aromatic carboxylic acids is 1. The normalized spacial score (nSPS) is 10.4. The molecule has 0 saturated carbocycles. The van der Waals surface area contributed by atoms with Crippen molar-refractivity contribution in [1.82, 2.24) is 0 Å². The fourth-order valence-corrected chi connectivity index (χ4v) is 1.05. The average Bonchev–Trinajstić information content (AvgIpc) is 2.19. The second-order valence-corrected chi connectivity index (χ2v) is 2.74. The number of rotatable bonds is 4. The summed E-state index contributed by atoms with van der Waals surface area (Å²) < 4.78 is 40.4. The number of hydrogen-bond donors (Lipinski definition) is 1. The molecular weight excluding hydrogens is 247 g/mol. The van der Waals surface area contributed by atoms with Crippen LogP contribution in [-0.2, 0) is 0 Å². The maximum absolute atomic E-state index is 13.1. The Labute approximate surface area is 91.4 Å². The second-order valence-electron chi connectivity index (χ2n) is 2.74. The van der Waals surface area contributed by atoms with Gasteiger partial charge in [-0.25, -0.2) is 9.18 Å². The van der Waals surface area contributed by atoms with Gasteiger partial charge in [-0.1, -0.05) is 0 Å². The summed E-state index contributed by atoms with van der Waals surface area (Å²) in [6, 6.07) is 0.545.